The number of rotatable bonds is 3. The Bertz CT molecular complexity index is 900. The number of H-pyrrole nitrogens is 1. The van der Waals surface area contributed by atoms with Gasteiger partial charge in [-0.05, 0) is 37.3 Å². The first-order valence-electron chi connectivity index (χ1n) is 6.61. The molecule has 5 nitrogen and oxygen atoms in total. The molecule has 0 aliphatic rings. The second kappa shape index (κ2) is 5.35. The molecule has 2 aromatic carbocycles. The van der Waals surface area contributed by atoms with Gasteiger partial charge in [-0.1, -0.05) is 11.6 Å². The first-order chi connectivity index (χ1) is 10.5. The van der Waals surface area contributed by atoms with E-state index in [1.807, 2.05) is 12.1 Å². The topological polar surface area (TPSA) is 79.4 Å². The number of carboxylic acid groups (broad SMARTS) is 1. The maximum atomic E-state index is 11.7. The third kappa shape index (κ3) is 2.51. The van der Waals surface area contributed by atoms with Crippen LogP contribution in [0, 0.1) is 5.92 Å². The fraction of sp³-hybridized carbons (Fsp3) is 0.125. The fourth-order valence-corrected chi connectivity index (χ4v) is 2.40. The summed E-state index contributed by atoms with van der Waals surface area (Å²) in [7, 11) is 0. The third-order valence-corrected chi connectivity index (χ3v) is 3.71. The molecule has 1 aromatic heterocycles. The lowest BCUT2D eigenvalue weighted by atomic mass is 10.1. The van der Waals surface area contributed by atoms with E-state index in [2.05, 4.69) is 4.98 Å². The monoisotopic (exact) mass is 317 g/mol. The Balaban J connectivity index is 1.98. The van der Waals surface area contributed by atoms with Crippen molar-refractivity contribution < 1.29 is 19.4 Å². The number of fused-ring (bicyclic) bond motifs is 3. The van der Waals surface area contributed by atoms with Gasteiger partial charge in [-0.25, -0.2) is 0 Å². The first-order valence-corrected chi connectivity index (χ1v) is 6.99. The van der Waals surface area contributed by atoms with Crippen LogP contribution in [0.4, 0.5) is 0 Å². The number of esters is 1. The summed E-state index contributed by atoms with van der Waals surface area (Å²) in [6.07, 6.45) is 0. The van der Waals surface area contributed by atoms with Crippen LogP contribution in [0.2, 0.25) is 5.02 Å². The van der Waals surface area contributed by atoms with E-state index in [9.17, 15) is 9.59 Å². The van der Waals surface area contributed by atoms with Crippen molar-refractivity contribution in [2.75, 3.05) is 0 Å². The normalized spacial score (nSPS) is 12.5. The number of ether oxygens (including phenoxy) is 1. The average Bonchev–Trinajstić information content (AvgIpc) is 2.83. The Morgan fingerprint density at radius 2 is 1.91 bits per heavy atom. The molecule has 0 saturated heterocycles. The van der Waals surface area contributed by atoms with Gasteiger partial charge < -0.3 is 14.8 Å². The molecule has 0 aliphatic carbocycles. The molecular weight excluding hydrogens is 306 g/mol. The standard InChI is InChI=1S/C16H12ClNO4/c1-8(15(19)20)16(21)22-10-3-4-11-12-6-9(17)2-5-13(12)18-14(11)7-10/h2-8,18H,1H3,(H,19,20). The van der Waals surface area contributed by atoms with Crippen LogP contribution in [0.5, 0.6) is 5.75 Å². The quantitative estimate of drug-likeness (QED) is 0.439. The lowest BCUT2D eigenvalue weighted by molar-refractivity contribution is -0.151. The van der Waals surface area contributed by atoms with Crippen LogP contribution in [0.15, 0.2) is 36.4 Å². The molecule has 22 heavy (non-hydrogen) atoms. The first kappa shape index (κ1) is 14.4. The van der Waals surface area contributed by atoms with E-state index in [-0.39, 0.29) is 0 Å². The summed E-state index contributed by atoms with van der Waals surface area (Å²) >= 11 is 6.00. The van der Waals surface area contributed by atoms with E-state index in [1.165, 1.54) is 6.92 Å². The predicted octanol–water partition coefficient (Wildman–Crippen LogP) is 3.60. The maximum Gasteiger partial charge on any atom is 0.325 e. The Hall–Kier alpha value is -2.53. The summed E-state index contributed by atoms with van der Waals surface area (Å²) in [6, 6.07) is 10.6. The molecule has 3 rings (SSSR count). The zero-order valence-corrected chi connectivity index (χ0v) is 12.3. The van der Waals surface area contributed by atoms with Gasteiger partial charge in [-0.2, -0.15) is 0 Å². The van der Waals surface area contributed by atoms with Gasteiger partial charge in [0.05, 0.1) is 5.52 Å². The number of aromatic nitrogens is 1. The zero-order chi connectivity index (χ0) is 15.9. The minimum atomic E-state index is -1.22. The molecule has 2 N–H and O–H groups in total. The van der Waals surface area contributed by atoms with Gasteiger partial charge in [0, 0.05) is 27.4 Å². The van der Waals surface area contributed by atoms with E-state index in [4.69, 9.17) is 21.4 Å². The molecule has 0 aliphatic heterocycles. The summed E-state index contributed by atoms with van der Waals surface area (Å²) in [5, 5.41) is 11.4. The van der Waals surface area contributed by atoms with E-state index in [0.29, 0.717) is 10.8 Å². The van der Waals surface area contributed by atoms with Gasteiger partial charge in [0.15, 0.2) is 5.92 Å². The third-order valence-electron chi connectivity index (χ3n) is 3.47. The molecule has 1 unspecified atom stereocenters. The highest BCUT2D eigenvalue weighted by Gasteiger charge is 2.22. The van der Waals surface area contributed by atoms with E-state index in [1.54, 1.807) is 24.3 Å². The summed E-state index contributed by atoms with van der Waals surface area (Å²) < 4.78 is 5.10. The average molecular weight is 318 g/mol. The van der Waals surface area contributed by atoms with Crippen LogP contribution in [0.3, 0.4) is 0 Å². The molecule has 0 saturated carbocycles. The summed E-state index contributed by atoms with van der Waals surface area (Å²) in [4.78, 5) is 25.7. The maximum absolute atomic E-state index is 11.7. The zero-order valence-electron chi connectivity index (χ0n) is 11.6. The lowest BCUT2D eigenvalue weighted by Gasteiger charge is -2.07. The number of carbonyl (C=O) groups is 2. The number of benzene rings is 2. The Labute approximate surface area is 130 Å². The second-order valence-corrected chi connectivity index (χ2v) is 5.44. The van der Waals surface area contributed by atoms with Crippen molar-refractivity contribution >= 4 is 45.3 Å². The number of nitrogens with one attached hydrogen (secondary N) is 1. The summed E-state index contributed by atoms with van der Waals surface area (Å²) in [5.74, 6) is -2.93. The molecule has 112 valence electrons. The van der Waals surface area contributed by atoms with Gasteiger partial charge in [-0.3, -0.25) is 9.59 Å². The van der Waals surface area contributed by atoms with Crippen molar-refractivity contribution in [3.63, 3.8) is 0 Å². The van der Waals surface area contributed by atoms with Crippen LogP contribution in [0.1, 0.15) is 6.92 Å². The number of carbonyl (C=O) groups excluding carboxylic acids is 1. The minimum Gasteiger partial charge on any atom is -0.481 e. The SMILES string of the molecule is CC(C(=O)O)C(=O)Oc1ccc2c(c1)[nH]c1ccc(Cl)cc12. The molecule has 0 bridgehead atoms. The van der Waals surface area contributed by atoms with Crippen molar-refractivity contribution in [2.24, 2.45) is 5.92 Å². The van der Waals surface area contributed by atoms with Crippen molar-refractivity contribution in [3.8, 4) is 5.75 Å². The van der Waals surface area contributed by atoms with Gasteiger partial charge in [0.2, 0.25) is 0 Å². The Morgan fingerprint density at radius 1 is 1.14 bits per heavy atom. The lowest BCUT2D eigenvalue weighted by Crippen LogP contribution is -2.25. The molecule has 0 radical (unpaired) electrons. The molecule has 1 atom stereocenters. The number of aromatic amines is 1. The van der Waals surface area contributed by atoms with E-state index < -0.39 is 17.9 Å². The predicted molar refractivity (Wildman–Crippen MR) is 83.2 cm³/mol. The van der Waals surface area contributed by atoms with E-state index in [0.717, 1.165) is 21.8 Å². The second-order valence-electron chi connectivity index (χ2n) is 5.00. The van der Waals surface area contributed by atoms with Crippen molar-refractivity contribution in [3.05, 3.63) is 41.4 Å². The highest BCUT2D eigenvalue weighted by molar-refractivity contribution is 6.31. The van der Waals surface area contributed by atoms with Gasteiger partial charge >= 0.3 is 11.9 Å². The molecule has 3 aromatic rings. The molecular formula is C16H12ClNO4. The van der Waals surface area contributed by atoms with Crippen LogP contribution in [-0.2, 0) is 9.59 Å². The number of hydrogen-bond donors (Lipinski definition) is 2. The van der Waals surface area contributed by atoms with Crippen molar-refractivity contribution in [1.29, 1.82) is 0 Å². The van der Waals surface area contributed by atoms with Crippen LogP contribution in [-0.4, -0.2) is 22.0 Å². The van der Waals surface area contributed by atoms with Crippen molar-refractivity contribution in [2.45, 2.75) is 6.92 Å². The molecule has 6 heteroatoms. The number of aliphatic carboxylic acids is 1. The van der Waals surface area contributed by atoms with Crippen molar-refractivity contribution in [1.82, 2.24) is 4.98 Å². The summed E-state index contributed by atoms with van der Waals surface area (Å²) in [5.41, 5.74) is 1.70. The van der Waals surface area contributed by atoms with E-state index >= 15 is 0 Å². The molecule has 0 amide bonds. The van der Waals surface area contributed by atoms with Crippen LogP contribution in [0.25, 0.3) is 21.8 Å². The number of hydrogen-bond acceptors (Lipinski definition) is 3. The largest absolute Gasteiger partial charge is 0.481 e. The summed E-state index contributed by atoms with van der Waals surface area (Å²) in [6.45, 7) is 1.29. The fourth-order valence-electron chi connectivity index (χ4n) is 2.22. The molecule has 1 heterocycles. The highest BCUT2D eigenvalue weighted by Crippen LogP contribution is 2.30. The van der Waals surface area contributed by atoms with Gasteiger partial charge in [-0.15, -0.1) is 0 Å². The Morgan fingerprint density at radius 3 is 2.64 bits per heavy atom. The highest BCUT2D eigenvalue weighted by atomic mass is 35.5. The smallest absolute Gasteiger partial charge is 0.325 e. The molecule has 0 spiro atoms. The Kier molecular flexibility index (Phi) is 3.50. The van der Waals surface area contributed by atoms with Crippen LogP contribution >= 0.6 is 11.6 Å². The molecule has 0 fully saturated rings. The number of carboxylic acids is 1. The number of halogens is 1. The minimum absolute atomic E-state index is 0.295. The van der Waals surface area contributed by atoms with Gasteiger partial charge in [0.25, 0.3) is 0 Å². The van der Waals surface area contributed by atoms with Crippen LogP contribution < -0.4 is 4.74 Å². The van der Waals surface area contributed by atoms with Gasteiger partial charge in [0.1, 0.15) is 5.75 Å².